The molecule has 3 aromatic rings. The largest absolute Gasteiger partial charge is 0.485 e. The van der Waals surface area contributed by atoms with E-state index in [1.807, 2.05) is 0 Å². The predicted octanol–water partition coefficient (Wildman–Crippen LogP) is 4.79. The van der Waals surface area contributed by atoms with Gasteiger partial charge in [-0.05, 0) is 48.5 Å². The van der Waals surface area contributed by atoms with Crippen LogP contribution in [0.2, 0.25) is 5.02 Å². The van der Waals surface area contributed by atoms with E-state index in [1.165, 1.54) is 12.3 Å². The second kappa shape index (κ2) is 8.62. The predicted molar refractivity (Wildman–Crippen MR) is 101 cm³/mol. The molecule has 144 valence electrons. The van der Waals surface area contributed by atoms with Crippen LogP contribution in [0.3, 0.4) is 0 Å². The zero-order chi connectivity index (χ0) is 20.1. The number of aliphatic imine (C=N–C) groups is 1. The molecule has 1 aromatic heterocycles. The Morgan fingerprint density at radius 3 is 2.54 bits per heavy atom. The van der Waals surface area contributed by atoms with E-state index >= 15 is 0 Å². The highest BCUT2D eigenvalue weighted by atomic mass is 35.5. The number of nitrogens with one attached hydrogen (secondary N) is 1. The molecule has 0 saturated heterocycles. The Kier molecular flexibility index (Phi) is 6.00. The number of anilines is 1. The first-order chi connectivity index (χ1) is 13.4. The molecular weight excluding hydrogens is 393 g/mol. The highest BCUT2D eigenvalue weighted by molar-refractivity contribution is 6.30. The van der Waals surface area contributed by atoms with Crippen molar-refractivity contribution in [1.82, 2.24) is 4.98 Å². The van der Waals surface area contributed by atoms with Gasteiger partial charge in [-0.1, -0.05) is 11.6 Å². The molecule has 2 aromatic carbocycles. The maximum atomic E-state index is 13.8. The summed E-state index contributed by atoms with van der Waals surface area (Å²) in [6.07, 6.45) is 1.45. The van der Waals surface area contributed by atoms with Gasteiger partial charge in [0.25, 0.3) is 0 Å². The van der Waals surface area contributed by atoms with Gasteiger partial charge in [0, 0.05) is 16.9 Å². The standard InChI is InChI=1S/C19H14ClF3N4O/c20-11-3-5-12(6-4-11)26-19(24)27-18-16(2-1-9-25-18)28-10-13-14(21)7-8-15(22)17(13)23/h1-9H,10H2,(H3,24,25,26,27). The Labute approximate surface area is 163 Å². The van der Waals surface area contributed by atoms with Crippen LogP contribution in [0.25, 0.3) is 0 Å². The van der Waals surface area contributed by atoms with Crippen molar-refractivity contribution in [1.29, 1.82) is 0 Å². The molecule has 3 rings (SSSR count). The Morgan fingerprint density at radius 1 is 1.07 bits per heavy atom. The number of hydrogen-bond acceptors (Lipinski definition) is 3. The van der Waals surface area contributed by atoms with Crippen molar-refractivity contribution in [2.75, 3.05) is 5.32 Å². The number of rotatable bonds is 5. The molecule has 0 unspecified atom stereocenters. The summed E-state index contributed by atoms with van der Waals surface area (Å²) in [7, 11) is 0. The highest BCUT2D eigenvalue weighted by Gasteiger charge is 2.15. The van der Waals surface area contributed by atoms with Crippen LogP contribution in [-0.2, 0) is 6.61 Å². The van der Waals surface area contributed by atoms with Crippen LogP contribution in [0, 0.1) is 17.5 Å². The van der Waals surface area contributed by atoms with E-state index in [1.54, 1.807) is 30.3 Å². The van der Waals surface area contributed by atoms with E-state index < -0.39 is 29.6 Å². The number of nitrogens with zero attached hydrogens (tertiary/aromatic N) is 2. The highest BCUT2D eigenvalue weighted by Crippen LogP contribution is 2.26. The van der Waals surface area contributed by atoms with Crippen molar-refractivity contribution >= 4 is 29.1 Å². The SMILES string of the molecule is NC(=Nc1ncccc1OCc1c(F)ccc(F)c1F)Nc1ccc(Cl)cc1. The number of hydrogen-bond donors (Lipinski definition) is 2. The third-order valence-corrected chi connectivity index (χ3v) is 3.86. The molecule has 28 heavy (non-hydrogen) atoms. The second-order valence-corrected chi connectivity index (χ2v) is 6.00. The fraction of sp³-hybridized carbons (Fsp3) is 0.0526. The molecule has 0 atom stereocenters. The van der Waals surface area contributed by atoms with Crippen molar-refractivity contribution in [3.05, 3.63) is 82.8 Å². The molecule has 0 spiro atoms. The van der Waals surface area contributed by atoms with Gasteiger partial charge in [-0.15, -0.1) is 0 Å². The zero-order valence-corrected chi connectivity index (χ0v) is 15.1. The summed E-state index contributed by atoms with van der Waals surface area (Å²) in [4.78, 5) is 8.14. The summed E-state index contributed by atoms with van der Waals surface area (Å²) in [6.45, 7) is -0.547. The second-order valence-electron chi connectivity index (χ2n) is 5.56. The van der Waals surface area contributed by atoms with Crippen LogP contribution in [0.5, 0.6) is 5.75 Å². The summed E-state index contributed by atoms with van der Waals surface area (Å²) < 4.78 is 46.2. The average Bonchev–Trinajstić information content (AvgIpc) is 2.68. The van der Waals surface area contributed by atoms with Crippen LogP contribution < -0.4 is 15.8 Å². The number of guanidine groups is 1. The molecule has 0 bridgehead atoms. The van der Waals surface area contributed by atoms with Gasteiger partial charge in [0.05, 0.1) is 5.56 Å². The summed E-state index contributed by atoms with van der Waals surface area (Å²) >= 11 is 5.82. The summed E-state index contributed by atoms with van der Waals surface area (Å²) in [5, 5.41) is 3.42. The van der Waals surface area contributed by atoms with Gasteiger partial charge in [-0.3, -0.25) is 0 Å². The van der Waals surface area contributed by atoms with Crippen LogP contribution >= 0.6 is 11.6 Å². The molecule has 1 heterocycles. The number of benzene rings is 2. The maximum Gasteiger partial charge on any atom is 0.200 e. The van der Waals surface area contributed by atoms with E-state index in [-0.39, 0.29) is 17.5 Å². The van der Waals surface area contributed by atoms with Gasteiger partial charge in [0.15, 0.2) is 29.2 Å². The first-order valence-corrected chi connectivity index (χ1v) is 8.39. The lowest BCUT2D eigenvalue weighted by Crippen LogP contribution is -2.22. The molecular formula is C19H14ClF3N4O. The third kappa shape index (κ3) is 4.72. The minimum atomic E-state index is -1.31. The van der Waals surface area contributed by atoms with Gasteiger partial charge < -0.3 is 15.8 Å². The van der Waals surface area contributed by atoms with Crippen molar-refractivity contribution in [2.24, 2.45) is 10.7 Å². The lowest BCUT2D eigenvalue weighted by molar-refractivity contribution is 0.289. The first-order valence-electron chi connectivity index (χ1n) is 8.01. The summed E-state index contributed by atoms with van der Waals surface area (Å²) in [5.74, 6) is -3.19. The Morgan fingerprint density at radius 2 is 1.79 bits per heavy atom. The molecule has 0 amide bonds. The Hall–Kier alpha value is -3.26. The lowest BCUT2D eigenvalue weighted by atomic mass is 10.2. The van der Waals surface area contributed by atoms with E-state index in [9.17, 15) is 13.2 Å². The maximum absolute atomic E-state index is 13.8. The molecule has 0 saturated carbocycles. The van der Waals surface area contributed by atoms with Gasteiger partial charge in [0.2, 0.25) is 0 Å². The molecule has 0 aliphatic rings. The fourth-order valence-electron chi connectivity index (χ4n) is 2.25. The minimum Gasteiger partial charge on any atom is -0.485 e. The minimum absolute atomic E-state index is 0.00832. The van der Waals surface area contributed by atoms with Gasteiger partial charge in [-0.25, -0.2) is 18.2 Å². The topological polar surface area (TPSA) is 72.5 Å². The number of ether oxygens (including phenoxy) is 1. The molecule has 3 N–H and O–H groups in total. The molecule has 9 heteroatoms. The van der Waals surface area contributed by atoms with Crippen LogP contribution in [0.4, 0.5) is 24.7 Å². The molecule has 0 radical (unpaired) electrons. The Bertz CT molecular complexity index is 1010. The molecule has 0 aliphatic heterocycles. The average molecular weight is 407 g/mol. The van der Waals surface area contributed by atoms with Crippen LogP contribution in [0.15, 0.2) is 59.7 Å². The molecule has 5 nitrogen and oxygen atoms in total. The third-order valence-electron chi connectivity index (χ3n) is 3.60. The normalized spacial score (nSPS) is 11.4. The Balaban J connectivity index is 1.78. The molecule has 0 aliphatic carbocycles. The van der Waals surface area contributed by atoms with Gasteiger partial charge in [0.1, 0.15) is 12.4 Å². The monoisotopic (exact) mass is 406 g/mol. The van der Waals surface area contributed by atoms with E-state index in [0.717, 1.165) is 6.07 Å². The summed E-state index contributed by atoms with van der Waals surface area (Å²) in [6, 6.07) is 11.3. The first kappa shape index (κ1) is 19.5. The quantitative estimate of drug-likeness (QED) is 0.363. The van der Waals surface area contributed by atoms with Crippen molar-refractivity contribution in [3.8, 4) is 5.75 Å². The van der Waals surface area contributed by atoms with Crippen LogP contribution in [0.1, 0.15) is 5.56 Å². The lowest BCUT2D eigenvalue weighted by Gasteiger charge is -2.11. The molecule has 0 fully saturated rings. The van der Waals surface area contributed by atoms with Crippen molar-refractivity contribution in [2.45, 2.75) is 6.61 Å². The zero-order valence-electron chi connectivity index (χ0n) is 14.3. The van der Waals surface area contributed by atoms with Crippen molar-refractivity contribution < 1.29 is 17.9 Å². The summed E-state index contributed by atoms with van der Waals surface area (Å²) in [5.41, 5.74) is 5.97. The van der Waals surface area contributed by atoms with E-state index in [0.29, 0.717) is 16.8 Å². The number of halogens is 4. The number of nitrogens with two attached hydrogens (primary N) is 1. The van der Waals surface area contributed by atoms with E-state index in [2.05, 4.69) is 15.3 Å². The smallest absolute Gasteiger partial charge is 0.200 e. The van der Waals surface area contributed by atoms with Gasteiger partial charge in [-0.2, -0.15) is 4.99 Å². The number of aromatic nitrogens is 1. The fourth-order valence-corrected chi connectivity index (χ4v) is 2.38. The van der Waals surface area contributed by atoms with Gasteiger partial charge >= 0.3 is 0 Å². The van der Waals surface area contributed by atoms with E-state index in [4.69, 9.17) is 22.1 Å². The number of pyridine rings is 1. The van der Waals surface area contributed by atoms with Crippen LogP contribution in [-0.4, -0.2) is 10.9 Å². The van der Waals surface area contributed by atoms with Crippen molar-refractivity contribution in [3.63, 3.8) is 0 Å².